The fraction of sp³-hybridized carbons (Fsp3) is 0.526. The van der Waals surface area contributed by atoms with E-state index in [0.717, 1.165) is 37.3 Å². The van der Waals surface area contributed by atoms with Crippen molar-refractivity contribution in [2.75, 3.05) is 13.1 Å². The third-order valence-electron chi connectivity index (χ3n) is 5.50. The van der Waals surface area contributed by atoms with Crippen LogP contribution in [0.4, 0.5) is 4.39 Å². The van der Waals surface area contributed by atoms with Crippen molar-refractivity contribution in [1.29, 1.82) is 0 Å². The highest BCUT2D eigenvalue weighted by Gasteiger charge is 2.29. The van der Waals surface area contributed by atoms with Crippen molar-refractivity contribution in [2.45, 2.75) is 44.6 Å². The molecule has 1 aliphatic heterocycles. The Balaban J connectivity index is 1.49. The number of imidazole rings is 1. The Morgan fingerprint density at radius 2 is 2.12 bits per heavy atom. The molecule has 1 amide bonds. The summed E-state index contributed by atoms with van der Waals surface area (Å²) >= 11 is 0. The Morgan fingerprint density at radius 1 is 1.24 bits per heavy atom. The number of aromatic nitrogens is 3. The molecule has 1 atom stereocenters. The molecule has 0 aromatic carbocycles. The average Bonchev–Trinajstić information content (AvgIpc) is 3.06. The van der Waals surface area contributed by atoms with Crippen molar-refractivity contribution in [3.63, 3.8) is 0 Å². The fourth-order valence-electron chi connectivity index (χ4n) is 3.88. The Morgan fingerprint density at radius 3 is 2.88 bits per heavy atom. The van der Waals surface area contributed by atoms with Crippen LogP contribution in [0.1, 0.15) is 54.2 Å². The summed E-state index contributed by atoms with van der Waals surface area (Å²) in [5.41, 5.74) is 0.105. The molecular formula is C19H23FN4O. The fourth-order valence-corrected chi connectivity index (χ4v) is 3.88. The van der Waals surface area contributed by atoms with Crippen LogP contribution in [0.5, 0.6) is 0 Å². The van der Waals surface area contributed by atoms with Crippen LogP contribution in [0.25, 0.3) is 0 Å². The summed E-state index contributed by atoms with van der Waals surface area (Å²) in [6.45, 7) is 2.29. The van der Waals surface area contributed by atoms with Gasteiger partial charge in [-0.1, -0.05) is 6.42 Å². The molecule has 0 unspecified atom stereocenters. The Kier molecular flexibility index (Phi) is 4.51. The second kappa shape index (κ2) is 6.94. The van der Waals surface area contributed by atoms with Crippen molar-refractivity contribution < 1.29 is 9.18 Å². The number of carbonyl (C=O) groups is 1. The molecule has 132 valence electrons. The molecule has 0 radical (unpaired) electrons. The zero-order valence-corrected chi connectivity index (χ0v) is 14.3. The van der Waals surface area contributed by atoms with Crippen LogP contribution in [-0.4, -0.2) is 38.4 Å². The quantitative estimate of drug-likeness (QED) is 0.857. The maximum Gasteiger partial charge on any atom is 0.256 e. The third kappa shape index (κ3) is 3.30. The molecule has 25 heavy (non-hydrogen) atoms. The molecule has 3 heterocycles. The zero-order chi connectivity index (χ0) is 17.2. The Bertz CT molecular complexity index is 755. The molecule has 6 heteroatoms. The summed E-state index contributed by atoms with van der Waals surface area (Å²) in [6, 6.07) is 1.46. The number of hydrogen-bond acceptors (Lipinski definition) is 3. The molecule has 2 aliphatic rings. The topological polar surface area (TPSA) is 51.0 Å². The van der Waals surface area contributed by atoms with Crippen molar-refractivity contribution in [2.24, 2.45) is 5.92 Å². The van der Waals surface area contributed by atoms with E-state index in [-0.39, 0.29) is 17.4 Å². The first kappa shape index (κ1) is 16.2. The number of nitrogens with zero attached hydrogens (tertiary/aromatic N) is 4. The summed E-state index contributed by atoms with van der Waals surface area (Å²) in [4.78, 5) is 22.7. The lowest BCUT2D eigenvalue weighted by Crippen LogP contribution is -2.40. The number of pyridine rings is 1. The van der Waals surface area contributed by atoms with Crippen LogP contribution >= 0.6 is 0 Å². The predicted octanol–water partition coefficient (Wildman–Crippen LogP) is 3.24. The highest BCUT2D eigenvalue weighted by molar-refractivity contribution is 5.94. The highest BCUT2D eigenvalue weighted by atomic mass is 19.1. The standard InChI is InChI=1S/C19H23FN4O/c20-17-11-21-7-6-16(17)19(25)24-9-2-5-15(13-24)18-22-8-10-23(18)12-14-3-1-4-14/h6-8,10-11,14-15H,1-5,9,12-13H2/t15-/m1/s1. The van der Waals surface area contributed by atoms with Crippen molar-refractivity contribution >= 4 is 5.91 Å². The lowest BCUT2D eigenvalue weighted by molar-refractivity contribution is 0.0697. The van der Waals surface area contributed by atoms with Gasteiger partial charge in [0.05, 0.1) is 11.8 Å². The number of piperidine rings is 1. The largest absolute Gasteiger partial charge is 0.338 e. The number of hydrogen-bond donors (Lipinski definition) is 0. The van der Waals surface area contributed by atoms with Crippen LogP contribution in [0, 0.1) is 11.7 Å². The minimum Gasteiger partial charge on any atom is -0.338 e. The van der Waals surface area contributed by atoms with E-state index >= 15 is 0 Å². The number of amides is 1. The van der Waals surface area contributed by atoms with Crippen LogP contribution in [0.2, 0.25) is 0 Å². The van der Waals surface area contributed by atoms with Gasteiger partial charge in [-0.15, -0.1) is 0 Å². The minimum atomic E-state index is -0.555. The van der Waals surface area contributed by atoms with Crippen molar-refractivity contribution in [1.82, 2.24) is 19.4 Å². The Labute approximate surface area is 146 Å². The maximum absolute atomic E-state index is 13.9. The van der Waals surface area contributed by atoms with Gasteiger partial charge in [-0.3, -0.25) is 9.78 Å². The summed E-state index contributed by atoms with van der Waals surface area (Å²) in [5.74, 6) is 1.25. The van der Waals surface area contributed by atoms with Crippen molar-refractivity contribution in [3.05, 3.63) is 48.1 Å². The molecule has 0 spiro atoms. The van der Waals surface area contributed by atoms with Gasteiger partial charge in [-0.2, -0.15) is 0 Å². The first-order valence-corrected chi connectivity index (χ1v) is 9.12. The van der Waals surface area contributed by atoms with Gasteiger partial charge in [-0.05, 0) is 37.7 Å². The molecule has 1 saturated carbocycles. The van der Waals surface area contributed by atoms with E-state index in [9.17, 15) is 9.18 Å². The molecule has 5 nitrogen and oxygen atoms in total. The van der Waals surface area contributed by atoms with E-state index < -0.39 is 5.82 Å². The molecule has 4 rings (SSSR count). The summed E-state index contributed by atoms with van der Waals surface area (Å²) in [7, 11) is 0. The van der Waals surface area contributed by atoms with Gasteiger partial charge in [0.1, 0.15) is 5.82 Å². The molecule has 2 aromatic heterocycles. The van der Waals surface area contributed by atoms with E-state index in [0.29, 0.717) is 13.1 Å². The summed E-state index contributed by atoms with van der Waals surface area (Å²) < 4.78 is 16.2. The molecular weight excluding hydrogens is 319 g/mol. The Hall–Kier alpha value is -2.24. The normalized spacial score (nSPS) is 21.2. The van der Waals surface area contributed by atoms with E-state index in [2.05, 4.69) is 20.7 Å². The molecule has 2 aromatic rings. The van der Waals surface area contributed by atoms with Gasteiger partial charge in [0.15, 0.2) is 5.82 Å². The lowest BCUT2D eigenvalue weighted by Gasteiger charge is -2.33. The monoisotopic (exact) mass is 342 g/mol. The molecule has 0 N–H and O–H groups in total. The van der Waals surface area contributed by atoms with Gasteiger partial charge in [-0.25, -0.2) is 9.37 Å². The SMILES string of the molecule is O=C(c1ccncc1F)N1CCC[C@@H](c2nccn2CC2CCC2)C1. The van der Waals surface area contributed by atoms with E-state index in [1.54, 1.807) is 4.90 Å². The lowest BCUT2D eigenvalue weighted by atomic mass is 9.85. The molecule has 1 saturated heterocycles. The van der Waals surface area contributed by atoms with Gasteiger partial charge in [0, 0.05) is 44.1 Å². The molecule has 1 aliphatic carbocycles. The van der Waals surface area contributed by atoms with Gasteiger partial charge < -0.3 is 9.47 Å². The number of likely N-dealkylation sites (tertiary alicyclic amines) is 1. The number of carbonyl (C=O) groups excluding carboxylic acids is 1. The van der Waals surface area contributed by atoms with Gasteiger partial charge in [0.25, 0.3) is 5.91 Å². The minimum absolute atomic E-state index is 0.105. The first-order valence-electron chi connectivity index (χ1n) is 9.12. The van der Waals surface area contributed by atoms with Crippen molar-refractivity contribution in [3.8, 4) is 0 Å². The highest BCUT2D eigenvalue weighted by Crippen LogP contribution is 2.31. The van der Waals surface area contributed by atoms with Gasteiger partial charge >= 0.3 is 0 Å². The smallest absolute Gasteiger partial charge is 0.256 e. The van der Waals surface area contributed by atoms with Gasteiger partial charge in [0.2, 0.25) is 0 Å². The number of halogens is 1. The molecule has 0 bridgehead atoms. The van der Waals surface area contributed by atoms with E-state index in [1.165, 1.54) is 31.5 Å². The predicted molar refractivity (Wildman–Crippen MR) is 91.6 cm³/mol. The third-order valence-corrected chi connectivity index (χ3v) is 5.50. The summed E-state index contributed by atoms with van der Waals surface area (Å²) in [5, 5.41) is 0. The van der Waals surface area contributed by atoms with Crippen LogP contribution in [0.15, 0.2) is 30.9 Å². The molecule has 2 fully saturated rings. The average molecular weight is 342 g/mol. The van der Waals surface area contributed by atoms with Crippen LogP contribution in [-0.2, 0) is 6.54 Å². The maximum atomic E-state index is 13.9. The second-order valence-electron chi connectivity index (χ2n) is 7.18. The van der Waals surface area contributed by atoms with E-state index in [4.69, 9.17) is 0 Å². The van der Waals surface area contributed by atoms with Crippen LogP contribution < -0.4 is 0 Å². The first-order chi connectivity index (χ1) is 12.2. The zero-order valence-electron chi connectivity index (χ0n) is 14.3. The number of rotatable bonds is 4. The summed E-state index contributed by atoms with van der Waals surface area (Å²) in [6.07, 6.45) is 12.3. The van der Waals surface area contributed by atoms with E-state index in [1.807, 2.05) is 6.20 Å². The second-order valence-corrected chi connectivity index (χ2v) is 7.18. The van der Waals surface area contributed by atoms with Crippen LogP contribution in [0.3, 0.4) is 0 Å².